The van der Waals surface area contributed by atoms with E-state index in [9.17, 15) is 5.11 Å². The second-order valence-electron chi connectivity index (χ2n) is 2.76. The predicted molar refractivity (Wildman–Crippen MR) is 43.5 cm³/mol. The summed E-state index contributed by atoms with van der Waals surface area (Å²) in [5, 5.41) is 9.18. The zero-order valence-corrected chi connectivity index (χ0v) is 7.02. The second-order valence-corrected chi connectivity index (χ2v) is 2.76. The van der Waals surface area contributed by atoms with Gasteiger partial charge < -0.3 is 5.11 Å². The standard InChI is InChI=1S/C9H16O/c1-4-5-6-7-9(10)8(2)3/h8-10H,4-5H2,1-3H3/t9-/m1/s1. The number of hydrogen-bond acceptors (Lipinski definition) is 1. The molecule has 0 amide bonds. The molecule has 0 aromatic carbocycles. The number of aliphatic hydroxyl groups is 1. The van der Waals surface area contributed by atoms with Crippen molar-refractivity contribution in [1.29, 1.82) is 0 Å². The van der Waals surface area contributed by atoms with Crippen LogP contribution in [0, 0.1) is 17.8 Å². The molecule has 0 spiro atoms. The van der Waals surface area contributed by atoms with Crippen LogP contribution in [0.1, 0.15) is 33.6 Å². The maximum absolute atomic E-state index is 9.18. The van der Waals surface area contributed by atoms with Gasteiger partial charge in [-0.3, -0.25) is 0 Å². The molecule has 1 nitrogen and oxygen atoms in total. The van der Waals surface area contributed by atoms with Crippen molar-refractivity contribution in [2.45, 2.75) is 39.7 Å². The van der Waals surface area contributed by atoms with E-state index in [4.69, 9.17) is 0 Å². The van der Waals surface area contributed by atoms with Crippen LogP contribution in [0.15, 0.2) is 0 Å². The fraction of sp³-hybridized carbons (Fsp3) is 0.778. The van der Waals surface area contributed by atoms with Crippen molar-refractivity contribution in [3.05, 3.63) is 0 Å². The molecule has 1 N–H and O–H groups in total. The molecule has 1 atom stereocenters. The first-order valence-electron chi connectivity index (χ1n) is 3.85. The van der Waals surface area contributed by atoms with Gasteiger partial charge in [-0.25, -0.2) is 0 Å². The lowest BCUT2D eigenvalue weighted by Crippen LogP contribution is -2.11. The van der Waals surface area contributed by atoms with Gasteiger partial charge in [-0.15, -0.1) is 5.92 Å². The van der Waals surface area contributed by atoms with E-state index in [1.54, 1.807) is 0 Å². The largest absolute Gasteiger partial charge is 0.380 e. The molecule has 0 bridgehead atoms. The lowest BCUT2D eigenvalue weighted by molar-refractivity contribution is 0.181. The molecule has 10 heavy (non-hydrogen) atoms. The average Bonchev–Trinajstić information content (AvgIpc) is 1.88. The van der Waals surface area contributed by atoms with Gasteiger partial charge >= 0.3 is 0 Å². The summed E-state index contributed by atoms with van der Waals surface area (Å²) in [6.07, 6.45) is 1.52. The molecule has 0 aliphatic rings. The SMILES string of the molecule is CCCC#C[C@@H](O)C(C)C. The normalized spacial score (nSPS) is 12.5. The summed E-state index contributed by atoms with van der Waals surface area (Å²) in [6.45, 7) is 6.01. The van der Waals surface area contributed by atoms with Crippen LogP contribution in [0.4, 0.5) is 0 Å². The van der Waals surface area contributed by atoms with Gasteiger partial charge in [0, 0.05) is 6.42 Å². The molecule has 0 saturated carbocycles. The Labute approximate surface area is 63.5 Å². The summed E-state index contributed by atoms with van der Waals surface area (Å²) in [5.74, 6) is 5.96. The Hall–Kier alpha value is -0.480. The molecule has 0 aliphatic heterocycles. The molecule has 0 unspecified atom stereocenters. The van der Waals surface area contributed by atoms with E-state index >= 15 is 0 Å². The second kappa shape index (κ2) is 5.32. The van der Waals surface area contributed by atoms with Crippen LogP contribution in [0.3, 0.4) is 0 Å². The Morgan fingerprint density at radius 1 is 1.40 bits per heavy atom. The van der Waals surface area contributed by atoms with Crippen molar-refractivity contribution in [2.24, 2.45) is 5.92 Å². The van der Waals surface area contributed by atoms with Gasteiger partial charge in [-0.2, -0.15) is 0 Å². The van der Waals surface area contributed by atoms with Crippen LogP contribution in [0.2, 0.25) is 0 Å². The van der Waals surface area contributed by atoms with E-state index in [2.05, 4.69) is 18.8 Å². The summed E-state index contributed by atoms with van der Waals surface area (Å²) >= 11 is 0. The first-order chi connectivity index (χ1) is 4.68. The summed E-state index contributed by atoms with van der Waals surface area (Å²) in [7, 11) is 0. The Morgan fingerprint density at radius 2 is 2.00 bits per heavy atom. The summed E-state index contributed by atoms with van der Waals surface area (Å²) in [5.41, 5.74) is 0. The zero-order valence-electron chi connectivity index (χ0n) is 7.02. The minimum absolute atomic E-state index is 0.254. The van der Waals surface area contributed by atoms with Gasteiger partial charge in [0.25, 0.3) is 0 Å². The van der Waals surface area contributed by atoms with Crippen molar-refractivity contribution in [3.63, 3.8) is 0 Å². The van der Waals surface area contributed by atoms with Crippen molar-refractivity contribution < 1.29 is 5.11 Å². The Bertz CT molecular complexity index is 127. The van der Waals surface area contributed by atoms with Crippen LogP contribution in [0.25, 0.3) is 0 Å². The fourth-order valence-electron chi connectivity index (χ4n) is 0.468. The van der Waals surface area contributed by atoms with E-state index < -0.39 is 6.10 Å². The highest BCUT2D eigenvalue weighted by Crippen LogP contribution is 1.98. The van der Waals surface area contributed by atoms with E-state index in [0.717, 1.165) is 12.8 Å². The smallest absolute Gasteiger partial charge is 0.117 e. The van der Waals surface area contributed by atoms with Gasteiger partial charge in [0.1, 0.15) is 6.10 Å². The lowest BCUT2D eigenvalue weighted by Gasteiger charge is -2.04. The fourth-order valence-corrected chi connectivity index (χ4v) is 0.468. The monoisotopic (exact) mass is 140 g/mol. The third kappa shape index (κ3) is 4.40. The Morgan fingerprint density at radius 3 is 2.40 bits per heavy atom. The predicted octanol–water partition coefficient (Wildman–Crippen LogP) is 1.81. The third-order valence-corrected chi connectivity index (χ3v) is 1.26. The molecular formula is C9H16O. The van der Waals surface area contributed by atoms with Crippen molar-refractivity contribution in [2.75, 3.05) is 0 Å². The lowest BCUT2D eigenvalue weighted by atomic mass is 10.1. The topological polar surface area (TPSA) is 20.2 Å². The minimum atomic E-state index is -0.438. The van der Waals surface area contributed by atoms with Crippen molar-refractivity contribution in [3.8, 4) is 11.8 Å². The van der Waals surface area contributed by atoms with Gasteiger partial charge in [0.2, 0.25) is 0 Å². The van der Waals surface area contributed by atoms with Crippen LogP contribution < -0.4 is 0 Å². The number of unbranched alkanes of at least 4 members (excludes halogenated alkanes) is 1. The van der Waals surface area contributed by atoms with Crippen LogP contribution in [-0.2, 0) is 0 Å². The maximum Gasteiger partial charge on any atom is 0.117 e. The van der Waals surface area contributed by atoms with Crippen LogP contribution in [0.5, 0.6) is 0 Å². The maximum atomic E-state index is 9.18. The highest BCUT2D eigenvalue weighted by molar-refractivity contribution is 5.04. The summed E-state index contributed by atoms with van der Waals surface area (Å²) in [6, 6.07) is 0. The Kier molecular flexibility index (Phi) is 5.06. The number of hydrogen-bond donors (Lipinski definition) is 1. The average molecular weight is 140 g/mol. The van der Waals surface area contributed by atoms with Crippen molar-refractivity contribution in [1.82, 2.24) is 0 Å². The van der Waals surface area contributed by atoms with Gasteiger partial charge in [0.15, 0.2) is 0 Å². The molecule has 0 fully saturated rings. The van der Waals surface area contributed by atoms with Gasteiger partial charge in [0.05, 0.1) is 0 Å². The third-order valence-electron chi connectivity index (χ3n) is 1.26. The highest BCUT2D eigenvalue weighted by Gasteiger charge is 2.02. The summed E-state index contributed by atoms with van der Waals surface area (Å²) < 4.78 is 0. The van der Waals surface area contributed by atoms with E-state index in [1.807, 2.05) is 13.8 Å². The van der Waals surface area contributed by atoms with E-state index in [-0.39, 0.29) is 5.92 Å². The molecule has 0 heterocycles. The highest BCUT2D eigenvalue weighted by atomic mass is 16.3. The first kappa shape index (κ1) is 9.52. The molecule has 0 aliphatic carbocycles. The van der Waals surface area contributed by atoms with Gasteiger partial charge in [-0.05, 0) is 12.3 Å². The zero-order chi connectivity index (χ0) is 7.98. The molecule has 0 radical (unpaired) electrons. The first-order valence-corrected chi connectivity index (χ1v) is 3.85. The van der Waals surface area contributed by atoms with Gasteiger partial charge in [-0.1, -0.05) is 26.7 Å². The van der Waals surface area contributed by atoms with E-state index in [1.165, 1.54) is 0 Å². The molecule has 1 heteroatoms. The minimum Gasteiger partial charge on any atom is -0.380 e. The molecule has 0 aromatic rings. The molecule has 0 saturated heterocycles. The van der Waals surface area contributed by atoms with Crippen LogP contribution >= 0.6 is 0 Å². The van der Waals surface area contributed by atoms with E-state index in [0.29, 0.717) is 0 Å². The molecule has 0 aromatic heterocycles. The molecule has 0 rings (SSSR count). The quantitative estimate of drug-likeness (QED) is 0.580. The number of rotatable bonds is 2. The number of aliphatic hydroxyl groups excluding tert-OH is 1. The Balaban J connectivity index is 3.57. The summed E-state index contributed by atoms with van der Waals surface area (Å²) in [4.78, 5) is 0. The van der Waals surface area contributed by atoms with Crippen molar-refractivity contribution >= 4 is 0 Å². The molecule has 58 valence electrons. The van der Waals surface area contributed by atoms with Crippen LogP contribution in [-0.4, -0.2) is 11.2 Å². The molecular weight excluding hydrogens is 124 g/mol.